The van der Waals surface area contributed by atoms with E-state index in [2.05, 4.69) is 10.3 Å². The molecule has 150 valence electrons. The van der Waals surface area contributed by atoms with Crippen LogP contribution in [0.4, 0.5) is 27.6 Å². The zero-order chi connectivity index (χ0) is 21.2. The van der Waals surface area contributed by atoms with Crippen LogP contribution in [0.1, 0.15) is 16.1 Å². The Balaban J connectivity index is 2.00. The molecule has 0 saturated heterocycles. The lowest BCUT2D eigenvalue weighted by Crippen LogP contribution is -2.25. The van der Waals surface area contributed by atoms with Gasteiger partial charge in [-0.1, -0.05) is 0 Å². The number of halogens is 5. The van der Waals surface area contributed by atoms with Gasteiger partial charge in [-0.25, -0.2) is 8.78 Å². The Hall–Kier alpha value is -3.76. The number of rotatable bonds is 4. The molecule has 3 rings (SSSR count). The highest BCUT2D eigenvalue weighted by atomic mass is 19.4. The maximum Gasteiger partial charge on any atom is 0.433 e. The van der Waals surface area contributed by atoms with Crippen LogP contribution in [0.2, 0.25) is 0 Å². The minimum absolute atomic E-state index is 0.0475. The van der Waals surface area contributed by atoms with Crippen molar-refractivity contribution in [1.82, 2.24) is 4.98 Å². The maximum atomic E-state index is 13.9. The molecule has 0 aliphatic carbocycles. The SMILES string of the molecule is O=C(Nc1ccc[n+]([O-])c1)c1cnc(C(F)(F)F)cc1Oc1ccc(F)cc1F. The van der Waals surface area contributed by atoms with Crippen LogP contribution in [0, 0.1) is 16.8 Å². The van der Waals surface area contributed by atoms with E-state index < -0.39 is 46.5 Å². The summed E-state index contributed by atoms with van der Waals surface area (Å²) in [4.78, 5) is 15.6. The number of carbonyl (C=O) groups excluding carboxylic acids is 1. The van der Waals surface area contributed by atoms with Gasteiger partial charge in [-0.2, -0.15) is 17.9 Å². The molecule has 1 amide bonds. The first-order valence-corrected chi connectivity index (χ1v) is 7.84. The molecule has 0 aliphatic heterocycles. The summed E-state index contributed by atoms with van der Waals surface area (Å²) in [5, 5.41) is 13.6. The average Bonchev–Trinajstić information content (AvgIpc) is 2.63. The topological polar surface area (TPSA) is 78.2 Å². The molecule has 3 aromatic rings. The van der Waals surface area contributed by atoms with E-state index in [1.807, 2.05) is 0 Å². The zero-order valence-corrected chi connectivity index (χ0v) is 14.2. The number of hydrogen-bond acceptors (Lipinski definition) is 4. The molecule has 2 heterocycles. The zero-order valence-electron chi connectivity index (χ0n) is 14.2. The van der Waals surface area contributed by atoms with Gasteiger partial charge in [0, 0.05) is 24.4 Å². The molecule has 0 fully saturated rings. The standard InChI is InChI=1S/C18H10F5N3O3/c19-10-3-4-14(13(20)6-10)29-15-7-16(18(21,22)23)24-8-12(15)17(27)25-11-2-1-5-26(28)9-11/h1-9H,(H,25,27). The number of nitrogens with one attached hydrogen (secondary N) is 1. The van der Waals surface area contributed by atoms with Gasteiger partial charge in [0.25, 0.3) is 5.91 Å². The molecule has 0 aliphatic rings. The van der Waals surface area contributed by atoms with E-state index in [4.69, 9.17) is 4.74 Å². The molecule has 0 bridgehead atoms. The Morgan fingerprint density at radius 1 is 1.14 bits per heavy atom. The van der Waals surface area contributed by atoms with Crippen LogP contribution < -0.4 is 14.8 Å². The fourth-order valence-corrected chi connectivity index (χ4v) is 2.25. The summed E-state index contributed by atoms with van der Waals surface area (Å²) in [6.45, 7) is 0. The van der Waals surface area contributed by atoms with E-state index in [0.717, 1.165) is 24.5 Å². The number of anilines is 1. The second-order valence-corrected chi connectivity index (χ2v) is 5.65. The number of aromatic nitrogens is 2. The normalized spacial score (nSPS) is 11.2. The Kier molecular flexibility index (Phi) is 5.31. The number of alkyl halides is 3. The molecule has 29 heavy (non-hydrogen) atoms. The lowest BCUT2D eigenvalue weighted by Gasteiger charge is -2.14. The molecule has 0 saturated carbocycles. The monoisotopic (exact) mass is 411 g/mol. The van der Waals surface area contributed by atoms with Gasteiger partial charge >= 0.3 is 6.18 Å². The molecule has 1 N–H and O–H groups in total. The van der Waals surface area contributed by atoms with Crippen LogP contribution in [-0.2, 0) is 6.18 Å². The fraction of sp³-hybridized carbons (Fsp3) is 0.0556. The lowest BCUT2D eigenvalue weighted by atomic mass is 10.2. The van der Waals surface area contributed by atoms with E-state index in [9.17, 15) is 32.0 Å². The molecule has 2 aromatic heterocycles. The first-order chi connectivity index (χ1) is 13.6. The molecule has 0 spiro atoms. The van der Waals surface area contributed by atoms with Gasteiger partial charge in [0.05, 0.1) is 0 Å². The second-order valence-electron chi connectivity index (χ2n) is 5.65. The van der Waals surface area contributed by atoms with Gasteiger partial charge < -0.3 is 15.3 Å². The van der Waals surface area contributed by atoms with E-state index in [1.165, 1.54) is 12.1 Å². The third kappa shape index (κ3) is 4.75. The van der Waals surface area contributed by atoms with Crippen molar-refractivity contribution in [2.24, 2.45) is 0 Å². The number of hydrogen-bond donors (Lipinski definition) is 1. The van der Waals surface area contributed by atoms with Gasteiger partial charge in [-0.3, -0.25) is 9.78 Å². The number of amides is 1. The molecule has 0 unspecified atom stereocenters. The first kappa shape index (κ1) is 20.0. The molecule has 0 atom stereocenters. The Labute approximate surface area is 159 Å². The van der Waals surface area contributed by atoms with Crippen molar-refractivity contribution in [2.75, 3.05) is 5.32 Å². The predicted molar refractivity (Wildman–Crippen MR) is 89.0 cm³/mol. The summed E-state index contributed by atoms with van der Waals surface area (Å²) >= 11 is 0. The number of carbonyl (C=O) groups is 1. The van der Waals surface area contributed by atoms with Crippen molar-refractivity contribution < 1.29 is 36.2 Å². The summed E-state index contributed by atoms with van der Waals surface area (Å²) in [6.07, 6.45) is -2.10. The van der Waals surface area contributed by atoms with Crippen molar-refractivity contribution in [1.29, 1.82) is 0 Å². The van der Waals surface area contributed by atoms with Crippen molar-refractivity contribution in [3.05, 3.63) is 83.1 Å². The molecule has 0 radical (unpaired) electrons. The lowest BCUT2D eigenvalue weighted by molar-refractivity contribution is -0.604. The fourth-order valence-electron chi connectivity index (χ4n) is 2.25. The van der Waals surface area contributed by atoms with Crippen LogP contribution in [-0.4, -0.2) is 10.9 Å². The smallest absolute Gasteiger partial charge is 0.433 e. The average molecular weight is 411 g/mol. The van der Waals surface area contributed by atoms with Crippen LogP contribution in [0.5, 0.6) is 11.5 Å². The quantitative estimate of drug-likeness (QED) is 0.399. The molecule has 1 aromatic carbocycles. The highest BCUT2D eigenvalue weighted by molar-refractivity contribution is 6.05. The van der Waals surface area contributed by atoms with Gasteiger partial charge in [0.1, 0.15) is 28.5 Å². The third-order valence-electron chi connectivity index (χ3n) is 3.55. The minimum atomic E-state index is -4.86. The number of pyridine rings is 2. The Bertz CT molecular complexity index is 1070. The first-order valence-electron chi connectivity index (χ1n) is 7.84. The van der Waals surface area contributed by atoms with E-state index >= 15 is 0 Å². The van der Waals surface area contributed by atoms with Crippen LogP contribution in [0.15, 0.2) is 55.0 Å². The van der Waals surface area contributed by atoms with Crippen molar-refractivity contribution in [2.45, 2.75) is 6.18 Å². The van der Waals surface area contributed by atoms with E-state index in [0.29, 0.717) is 23.1 Å². The van der Waals surface area contributed by atoms with Crippen molar-refractivity contribution >= 4 is 11.6 Å². The van der Waals surface area contributed by atoms with E-state index in [-0.39, 0.29) is 5.69 Å². The van der Waals surface area contributed by atoms with Crippen LogP contribution in [0.25, 0.3) is 0 Å². The summed E-state index contributed by atoms with van der Waals surface area (Å²) in [5.74, 6) is -4.33. The van der Waals surface area contributed by atoms with Gasteiger partial charge in [-0.15, -0.1) is 0 Å². The van der Waals surface area contributed by atoms with E-state index in [1.54, 1.807) is 0 Å². The largest absolute Gasteiger partial charge is 0.619 e. The summed E-state index contributed by atoms with van der Waals surface area (Å²) in [5.41, 5.74) is -1.81. The highest BCUT2D eigenvalue weighted by Gasteiger charge is 2.34. The van der Waals surface area contributed by atoms with Gasteiger partial charge in [-0.05, 0) is 18.2 Å². The molecule has 6 nitrogen and oxygen atoms in total. The summed E-state index contributed by atoms with van der Waals surface area (Å²) in [6, 6.07) is 5.27. The summed E-state index contributed by atoms with van der Waals surface area (Å²) in [7, 11) is 0. The Morgan fingerprint density at radius 2 is 1.90 bits per heavy atom. The number of benzene rings is 1. The van der Waals surface area contributed by atoms with Gasteiger partial charge in [0.2, 0.25) is 6.20 Å². The summed E-state index contributed by atoms with van der Waals surface area (Å²) < 4.78 is 71.3. The third-order valence-corrected chi connectivity index (χ3v) is 3.55. The number of ether oxygens (including phenoxy) is 1. The number of nitrogens with zero attached hydrogens (tertiary/aromatic N) is 2. The maximum absolute atomic E-state index is 13.9. The molecule has 11 heteroatoms. The molecular weight excluding hydrogens is 401 g/mol. The molecular formula is C18H10F5N3O3. The highest BCUT2D eigenvalue weighted by Crippen LogP contribution is 2.34. The minimum Gasteiger partial charge on any atom is -0.619 e. The van der Waals surface area contributed by atoms with Crippen molar-refractivity contribution in [3.8, 4) is 11.5 Å². The van der Waals surface area contributed by atoms with Crippen LogP contribution in [0.3, 0.4) is 0 Å². The second kappa shape index (κ2) is 7.70. The predicted octanol–water partition coefficient (Wildman–Crippen LogP) is 4.06. The van der Waals surface area contributed by atoms with Crippen LogP contribution >= 0.6 is 0 Å². The Morgan fingerprint density at radius 3 is 2.55 bits per heavy atom. The van der Waals surface area contributed by atoms with Gasteiger partial charge in [0.15, 0.2) is 17.8 Å². The van der Waals surface area contributed by atoms with Crippen molar-refractivity contribution in [3.63, 3.8) is 0 Å².